The Balaban J connectivity index is 1.64. The highest BCUT2D eigenvalue weighted by molar-refractivity contribution is 5.59. The molecule has 0 spiro atoms. The molecule has 0 bridgehead atoms. The van der Waals surface area contributed by atoms with Crippen molar-refractivity contribution in [1.29, 1.82) is 0 Å². The zero-order chi connectivity index (χ0) is 22.9. The maximum Gasteiger partial charge on any atom is 0.251 e. The van der Waals surface area contributed by atoms with E-state index in [0.29, 0.717) is 11.4 Å². The molecule has 0 radical (unpaired) electrons. The molecule has 2 aromatic carbocycles. The molecule has 0 unspecified atom stereocenters. The van der Waals surface area contributed by atoms with Gasteiger partial charge in [-0.05, 0) is 30.3 Å². The Hall–Kier alpha value is -4.73. The summed E-state index contributed by atoms with van der Waals surface area (Å²) >= 11 is 0. The van der Waals surface area contributed by atoms with E-state index in [4.69, 9.17) is 4.74 Å². The molecule has 0 aliphatic carbocycles. The fourth-order valence-corrected chi connectivity index (χ4v) is 3.44. The zero-order valence-electron chi connectivity index (χ0n) is 17.3. The molecule has 0 fully saturated rings. The monoisotopic (exact) mass is 444 g/mol. The highest BCUT2D eigenvalue weighted by atomic mass is 19.1. The van der Waals surface area contributed by atoms with E-state index in [0.717, 1.165) is 5.69 Å². The number of rotatable bonds is 5. The van der Waals surface area contributed by atoms with Crippen molar-refractivity contribution in [1.82, 2.24) is 29.3 Å². The minimum absolute atomic E-state index is 0.00119. The van der Waals surface area contributed by atoms with Crippen LogP contribution in [0.1, 0.15) is 0 Å². The third-order valence-electron chi connectivity index (χ3n) is 5.00. The predicted octanol–water partition coefficient (Wildman–Crippen LogP) is 3.12. The van der Waals surface area contributed by atoms with Gasteiger partial charge in [-0.1, -0.05) is 18.2 Å². The molecule has 0 aliphatic heterocycles. The number of aromatic nitrogens is 6. The van der Waals surface area contributed by atoms with Crippen molar-refractivity contribution in [2.75, 3.05) is 7.11 Å². The lowest BCUT2D eigenvalue weighted by atomic mass is 10.2. The molecular formula is C23H17FN6O3. The third-order valence-corrected chi connectivity index (χ3v) is 5.00. The van der Waals surface area contributed by atoms with Crippen molar-refractivity contribution in [2.24, 2.45) is 0 Å². The number of aromatic hydroxyl groups is 1. The quantitative estimate of drug-likeness (QED) is 0.447. The lowest BCUT2D eigenvalue weighted by Gasteiger charge is -2.13. The van der Waals surface area contributed by atoms with Crippen LogP contribution in [0.4, 0.5) is 4.39 Å². The summed E-state index contributed by atoms with van der Waals surface area (Å²) in [6.45, 7) is 0. The summed E-state index contributed by atoms with van der Waals surface area (Å²) < 4.78 is 24.5. The molecule has 5 rings (SSSR count). The standard InChI is InChI=1S/C23H17FN6O3/c1-33-21-14-29(19-8-7-16(11-18(19)24)28-13-17(31)12-26-28)27-22(23(21)32)20-9-10-25-30(20)15-5-3-2-4-6-15/h2-14,31H,1H3. The van der Waals surface area contributed by atoms with Gasteiger partial charge in [-0.15, -0.1) is 0 Å². The highest BCUT2D eigenvalue weighted by Crippen LogP contribution is 2.23. The maximum absolute atomic E-state index is 15.1. The molecular weight excluding hydrogens is 427 g/mol. The Bertz CT molecular complexity index is 1510. The molecule has 0 saturated heterocycles. The molecule has 0 amide bonds. The average Bonchev–Trinajstić information content (AvgIpc) is 3.49. The van der Waals surface area contributed by atoms with Gasteiger partial charge in [0.2, 0.25) is 0 Å². The Morgan fingerprint density at radius 2 is 1.79 bits per heavy atom. The first-order valence-corrected chi connectivity index (χ1v) is 9.87. The largest absolute Gasteiger partial charge is 0.505 e. The number of hydrogen-bond acceptors (Lipinski definition) is 6. The van der Waals surface area contributed by atoms with Crippen LogP contribution in [-0.4, -0.2) is 41.6 Å². The molecule has 1 N–H and O–H groups in total. The molecule has 9 nitrogen and oxygen atoms in total. The van der Waals surface area contributed by atoms with Gasteiger partial charge in [-0.2, -0.15) is 15.3 Å². The van der Waals surface area contributed by atoms with Gasteiger partial charge >= 0.3 is 0 Å². The second-order valence-electron chi connectivity index (χ2n) is 7.06. The number of benzene rings is 2. The number of ether oxygens (including phenoxy) is 1. The molecule has 3 heterocycles. The van der Waals surface area contributed by atoms with Gasteiger partial charge in [-0.3, -0.25) is 4.79 Å². The average molecular weight is 444 g/mol. The van der Waals surface area contributed by atoms with Crippen LogP contribution < -0.4 is 10.2 Å². The van der Waals surface area contributed by atoms with Crippen molar-refractivity contribution in [2.45, 2.75) is 0 Å². The molecule has 0 atom stereocenters. The Morgan fingerprint density at radius 3 is 2.48 bits per heavy atom. The van der Waals surface area contributed by atoms with Crippen LogP contribution in [0.3, 0.4) is 0 Å². The minimum Gasteiger partial charge on any atom is -0.505 e. The molecule has 164 valence electrons. The van der Waals surface area contributed by atoms with Gasteiger partial charge in [0.05, 0.1) is 49.0 Å². The zero-order valence-corrected chi connectivity index (χ0v) is 17.3. The summed E-state index contributed by atoms with van der Waals surface area (Å²) in [5, 5.41) is 22.2. The Labute approximate surface area is 186 Å². The molecule has 5 aromatic rings. The lowest BCUT2D eigenvalue weighted by Crippen LogP contribution is -2.18. The minimum atomic E-state index is -0.608. The SMILES string of the molecule is COc1cn(-c2ccc(-n3cc(O)cn3)cc2F)nc(-c2ccnn2-c2ccccc2)c1=O. The maximum atomic E-state index is 15.1. The van der Waals surface area contributed by atoms with E-state index >= 15 is 4.39 Å². The van der Waals surface area contributed by atoms with Crippen LogP contribution in [-0.2, 0) is 0 Å². The predicted molar refractivity (Wildman–Crippen MR) is 118 cm³/mol. The van der Waals surface area contributed by atoms with Gasteiger partial charge in [0.1, 0.15) is 5.69 Å². The number of methoxy groups -OCH3 is 1. The number of para-hydroxylation sites is 1. The molecule has 0 aliphatic rings. The van der Waals surface area contributed by atoms with E-state index in [2.05, 4.69) is 15.3 Å². The van der Waals surface area contributed by atoms with Crippen molar-refractivity contribution < 1.29 is 14.2 Å². The summed E-state index contributed by atoms with van der Waals surface area (Å²) in [7, 11) is 1.36. The molecule has 3 aromatic heterocycles. The first-order valence-electron chi connectivity index (χ1n) is 9.87. The van der Waals surface area contributed by atoms with Crippen LogP contribution in [0.25, 0.3) is 28.5 Å². The number of halogens is 1. The van der Waals surface area contributed by atoms with E-state index in [1.807, 2.05) is 30.3 Å². The Morgan fingerprint density at radius 1 is 0.970 bits per heavy atom. The van der Waals surface area contributed by atoms with E-state index in [9.17, 15) is 9.90 Å². The summed E-state index contributed by atoms with van der Waals surface area (Å²) in [6.07, 6.45) is 5.50. The van der Waals surface area contributed by atoms with Crippen LogP contribution in [0.15, 0.2) is 84.2 Å². The second kappa shape index (κ2) is 8.08. The summed E-state index contributed by atoms with van der Waals surface area (Å²) in [5.74, 6) is -0.643. The fraction of sp³-hybridized carbons (Fsp3) is 0.0435. The van der Waals surface area contributed by atoms with Gasteiger partial charge in [-0.25, -0.2) is 18.4 Å². The normalized spacial score (nSPS) is 11.0. The summed E-state index contributed by atoms with van der Waals surface area (Å²) in [6, 6.07) is 15.3. The first kappa shape index (κ1) is 20.2. The second-order valence-corrected chi connectivity index (χ2v) is 7.06. The molecule has 33 heavy (non-hydrogen) atoms. The van der Waals surface area contributed by atoms with Crippen LogP contribution >= 0.6 is 0 Å². The van der Waals surface area contributed by atoms with Crippen molar-refractivity contribution in [3.05, 3.63) is 95.4 Å². The summed E-state index contributed by atoms with van der Waals surface area (Å²) in [4.78, 5) is 13.0. The van der Waals surface area contributed by atoms with E-state index in [1.165, 1.54) is 47.2 Å². The van der Waals surface area contributed by atoms with Crippen molar-refractivity contribution >= 4 is 0 Å². The van der Waals surface area contributed by atoms with Gasteiger partial charge in [0, 0.05) is 6.07 Å². The first-order chi connectivity index (χ1) is 16.0. The van der Waals surface area contributed by atoms with Crippen LogP contribution in [0.5, 0.6) is 11.5 Å². The van der Waals surface area contributed by atoms with E-state index < -0.39 is 11.2 Å². The highest BCUT2D eigenvalue weighted by Gasteiger charge is 2.19. The molecule has 0 saturated carbocycles. The fourth-order valence-electron chi connectivity index (χ4n) is 3.44. The number of nitrogens with zero attached hydrogens (tertiary/aromatic N) is 6. The van der Waals surface area contributed by atoms with Gasteiger partial charge in [0.25, 0.3) is 5.43 Å². The number of hydrogen-bond donors (Lipinski definition) is 1. The lowest BCUT2D eigenvalue weighted by molar-refractivity contribution is 0.405. The third kappa shape index (κ3) is 3.63. The van der Waals surface area contributed by atoms with E-state index in [-0.39, 0.29) is 22.9 Å². The van der Waals surface area contributed by atoms with Gasteiger partial charge < -0.3 is 9.84 Å². The van der Waals surface area contributed by atoms with Crippen molar-refractivity contribution in [3.8, 4) is 39.9 Å². The summed E-state index contributed by atoms with van der Waals surface area (Å²) in [5.41, 5.74) is 1.29. The van der Waals surface area contributed by atoms with E-state index in [1.54, 1.807) is 23.0 Å². The van der Waals surface area contributed by atoms with Crippen molar-refractivity contribution in [3.63, 3.8) is 0 Å². The van der Waals surface area contributed by atoms with Crippen LogP contribution in [0.2, 0.25) is 0 Å². The Kier molecular flexibility index (Phi) is 4.94. The smallest absolute Gasteiger partial charge is 0.251 e. The van der Waals surface area contributed by atoms with Crippen LogP contribution in [0, 0.1) is 5.82 Å². The van der Waals surface area contributed by atoms with Gasteiger partial charge in [0.15, 0.2) is 23.0 Å². The molecule has 10 heteroatoms. The topological polar surface area (TPSA) is 100.0 Å².